The summed E-state index contributed by atoms with van der Waals surface area (Å²) in [6.07, 6.45) is 0.994. The molecule has 0 atom stereocenters. The highest BCUT2D eigenvalue weighted by molar-refractivity contribution is 5.86. The number of nitrogens with zero attached hydrogens (tertiary/aromatic N) is 6. The van der Waals surface area contributed by atoms with Gasteiger partial charge < -0.3 is 80.4 Å². The lowest BCUT2D eigenvalue weighted by molar-refractivity contribution is 0.282. The molecule has 0 bridgehead atoms. The second-order valence-electron chi connectivity index (χ2n) is 19.0. The summed E-state index contributed by atoms with van der Waals surface area (Å²) in [5, 5.41) is 9.07. The van der Waals surface area contributed by atoms with Crippen LogP contribution in [0.25, 0.3) is 0 Å². The highest BCUT2D eigenvalue weighted by Gasteiger charge is 2.06. The summed E-state index contributed by atoms with van der Waals surface area (Å²) < 4.78 is 0. The van der Waals surface area contributed by atoms with Gasteiger partial charge in [0.15, 0.2) is 0 Å². The molecule has 15 nitrogen and oxygen atoms in total. The minimum Gasteiger partial charge on any atom is -0.399 e. The maximum absolute atomic E-state index is 9.07. The van der Waals surface area contributed by atoms with Gasteiger partial charge in [0.05, 0.1) is 6.61 Å². The monoisotopic (exact) mass is 1190 g/mol. The van der Waals surface area contributed by atoms with Gasteiger partial charge in [-0.2, -0.15) is 0 Å². The van der Waals surface area contributed by atoms with E-state index in [0.717, 1.165) is 102 Å². The van der Waals surface area contributed by atoms with E-state index in [9.17, 15) is 0 Å². The van der Waals surface area contributed by atoms with Crippen LogP contribution in [-0.2, 0) is 13.0 Å². The van der Waals surface area contributed by atoms with Gasteiger partial charge in [0, 0.05) is 167 Å². The van der Waals surface area contributed by atoms with Gasteiger partial charge in [-0.1, -0.05) is 6.92 Å². The van der Waals surface area contributed by atoms with Crippen molar-refractivity contribution >= 4 is 117 Å². The van der Waals surface area contributed by atoms with Gasteiger partial charge in [0.1, 0.15) is 0 Å². The Balaban J connectivity index is -0.000000887. The maximum Gasteiger partial charge on any atom is 0.0702 e. The number of nitrogen functional groups attached to an aromatic ring is 8. The van der Waals surface area contributed by atoms with Crippen LogP contribution >= 0.6 is 37.2 Å². The molecule has 0 unspecified atom stereocenters. The lowest BCUT2D eigenvalue weighted by atomic mass is 10.1. The molecule has 0 aromatic heterocycles. The average Bonchev–Trinajstić information content (AvgIpc) is 3.46. The van der Waals surface area contributed by atoms with Gasteiger partial charge >= 0.3 is 0 Å². The Bertz CT molecular complexity index is 2630. The molecule has 17 N–H and O–H groups in total. The number of benzene rings is 7. The van der Waals surface area contributed by atoms with Crippen molar-refractivity contribution in [3.8, 4) is 0 Å². The van der Waals surface area contributed by atoms with Crippen LogP contribution in [-0.4, -0.2) is 86.7 Å². The Morgan fingerprint density at radius 2 is 0.549 bits per heavy atom. The lowest BCUT2D eigenvalue weighted by Gasteiger charge is -2.21. The number of anilines is 14. The van der Waals surface area contributed by atoms with E-state index in [0.29, 0.717) is 5.69 Å². The smallest absolute Gasteiger partial charge is 0.0702 e. The van der Waals surface area contributed by atoms with E-state index in [1.165, 1.54) is 34.0 Å². The van der Waals surface area contributed by atoms with E-state index < -0.39 is 0 Å². The molecule has 7 aromatic carbocycles. The van der Waals surface area contributed by atoms with Gasteiger partial charge in [-0.25, -0.2) is 0 Å². The van der Waals surface area contributed by atoms with E-state index in [4.69, 9.17) is 51.0 Å². The Kier molecular flexibility index (Phi) is 41.6. The normalized spacial score (nSPS) is 9.40. The first kappa shape index (κ1) is 78.8. The van der Waals surface area contributed by atoms with Crippen molar-refractivity contribution in [3.05, 3.63) is 168 Å². The van der Waals surface area contributed by atoms with E-state index in [-0.39, 0.29) is 43.8 Å². The number of nitrogens with two attached hydrogens (primary N) is 8. The number of rotatable bonds is 14. The molecule has 0 fully saturated rings. The summed E-state index contributed by atoms with van der Waals surface area (Å²) in [5.74, 6) is 0. The van der Waals surface area contributed by atoms with Gasteiger partial charge in [-0.3, -0.25) is 0 Å². The fourth-order valence-corrected chi connectivity index (χ4v) is 7.45. The van der Waals surface area contributed by atoms with Crippen molar-refractivity contribution in [2.24, 2.45) is 0 Å². The fourth-order valence-electron chi connectivity index (χ4n) is 7.45. The van der Waals surface area contributed by atoms with E-state index in [1.807, 2.05) is 156 Å². The zero-order valence-corrected chi connectivity index (χ0v) is 54.0. The van der Waals surface area contributed by atoms with Crippen LogP contribution in [0.5, 0.6) is 0 Å². The highest BCUT2D eigenvalue weighted by Crippen LogP contribution is 2.23. The van der Waals surface area contributed by atoms with Crippen molar-refractivity contribution < 1.29 is 5.11 Å². The molecule has 0 radical (unpaired) electrons. The zero-order chi connectivity index (χ0) is 59.6. The third-order valence-corrected chi connectivity index (χ3v) is 12.6. The van der Waals surface area contributed by atoms with Gasteiger partial charge in [0.2, 0.25) is 0 Å². The Morgan fingerprint density at radius 1 is 0.305 bits per heavy atom. The molecule has 0 spiro atoms. The summed E-state index contributed by atoms with van der Waals surface area (Å²) >= 11 is 0. The number of halogens is 3. The molecule has 0 heterocycles. The summed E-state index contributed by atoms with van der Waals surface area (Å²) in [7, 11) is 12.1. The topological polar surface area (TPSA) is 248 Å². The molecule has 0 amide bonds. The van der Waals surface area contributed by atoms with E-state index in [1.54, 1.807) is 24.3 Å². The summed E-state index contributed by atoms with van der Waals surface area (Å²) in [6.45, 7) is 23.1. The van der Waals surface area contributed by atoms with Crippen molar-refractivity contribution in [2.45, 2.75) is 68.4 Å². The fraction of sp³-hybridized carbons (Fsp3) is 0.344. The standard InChI is InChI=1S/C11H18N2O.C11H18N2.2C10H16N2.2C8H12N2.C6H8N2.3ClH/c1-3-13(4-2)10-5-6-11(12)9(7-10)8-14;1-4-13(5-2)10-6-7-11(12)9(3)8-10;1-4-8-7-9(12(2)3)5-6-10(8)11;1-3-12(4-2)10-7-5-9(11)6-8-10;2*1-10(2)8-5-3-7(9)4-6-8;7-5-1-2-6(8)4-3-5;;;/h5-7,14H,3-4,8,12H2,1-2H3;6-8H,4-5,12H2,1-3H3;5-7H,4,11H2,1-3H3;5-8H,3-4,11H2,1-2H3;2*3-6H,9H2,1-2H3;1-4H,7-8H2;3*1H. The molecule has 0 aliphatic carbocycles. The second kappa shape index (κ2) is 43.3. The molecule has 0 aliphatic rings. The van der Waals surface area contributed by atoms with Gasteiger partial charge in [0.25, 0.3) is 0 Å². The van der Waals surface area contributed by atoms with Crippen LogP contribution in [0.1, 0.15) is 65.2 Å². The van der Waals surface area contributed by atoms with Crippen molar-refractivity contribution in [1.29, 1.82) is 0 Å². The van der Waals surface area contributed by atoms with Crippen LogP contribution in [0.15, 0.2) is 152 Å². The number of aliphatic hydroxyl groups excluding tert-OH is 1. The highest BCUT2D eigenvalue weighted by atomic mass is 35.5. The molecule has 456 valence electrons. The molecule has 82 heavy (non-hydrogen) atoms. The zero-order valence-electron chi connectivity index (χ0n) is 51.6. The molecular weight excluding hydrogens is 1090 g/mol. The molecule has 7 rings (SSSR count). The quantitative estimate of drug-likeness (QED) is 0.0460. The Hall–Kier alpha value is -7.43. The van der Waals surface area contributed by atoms with Crippen molar-refractivity contribution in [3.63, 3.8) is 0 Å². The molecular formula is C64H103Cl3N14O. The third-order valence-electron chi connectivity index (χ3n) is 12.6. The largest absolute Gasteiger partial charge is 0.399 e. The van der Waals surface area contributed by atoms with E-state index >= 15 is 0 Å². The minimum absolute atomic E-state index is 0. The summed E-state index contributed by atoms with van der Waals surface area (Å²) in [5.41, 5.74) is 61.3. The predicted octanol–water partition coefficient (Wildman–Crippen LogP) is 12.8. The minimum atomic E-state index is 0. The molecule has 7 aromatic rings. The Morgan fingerprint density at radius 3 is 0.841 bits per heavy atom. The number of hydrogen-bond acceptors (Lipinski definition) is 15. The Labute approximate surface area is 512 Å². The first-order valence-electron chi connectivity index (χ1n) is 27.2. The summed E-state index contributed by atoms with van der Waals surface area (Å²) in [4.78, 5) is 13.0. The van der Waals surface area contributed by atoms with E-state index in [2.05, 4.69) is 98.4 Å². The van der Waals surface area contributed by atoms with Crippen molar-refractivity contribution in [1.82, 2.24) is 0 Å². The SMILES string of the molecule is CCN(CC)c1ccc(N)c(C)c1.CCN(CC)c1ccc(N)c(CO)c1.CCN(CC)c1ccc(N)cc1.CCc1cc(N(C)C)ccc1N.CN(C)c1ccc(N)cc1.CN(C)c1ccc(N)cc1.Cl.Cl.Cl.Nc1ccc(N)cc1. The van der Waals surface area contributed by atoms with Crippen LogP contribution in [0.4, 0.5) is 79.6 Å². The molecule has 0 saturated carbocycles. The van der Waals surface area contributed by atoms with Crippen LogP contribution in [0, 0.1) is 6.92 Å². The van der Waals surface area contributed by atoms with Crippen LogP contribution in [0.3, 0.4) is 0 Å². The molecule has 0 saturated heterocycles. The number of aryl methyl sites for hydroxylation is 2. The van der Waals surface area contributed by atoms with Crippen LogP contribution in [0.2, 0.25) is 0 Å². The van der Waals surface area contributed by atoms with Crippen molar-refractivity contribution in [2.75, 3.05) is 157 Å². The third kappa shape index (κ3) is 29.9. The second-order valence-corrected chi connectivity index (χ2v) is 19.0. The van der Waals surface area contributed by atoms with Gasteiger partial charge in [-0.15, -0.1) is 37.2 Å². The molecule has 0 aliphatic heterocycles. The first-order valence-corrected chi connectivity index (χ1v) is 27.2. The lowest BCUT2D eigenvalue weighted by Crippen LogP contribution is -2.21. The van der Waals surface area contributed by atoms with Crippen LogP contribution < -0.4 is 75.3 Å². The maximum atomic E-state index is 9.07. The molecule has 18 heteroatoms. The summed E-state index contributed by atoms with van der Waals surface area (Å²) in [6, 6.07) is 48.8. The number of hydrogen-bond donors (Lipinski definition) is 9. The first-order chi connectivity index (χ1) is 37.5. The average molecular weight is 1190 g/mol. The van der Waals surface area contributed by atoms with Gasteiger partial charge in [-0.05, 0) is 218 Å². The number of aliphatic hydroxyl groups is 1. The predicted molar refractivity (Wildman–Crippen MR) is 376 cm³/mol.